The zero-order chi connectivity index (χ0) is 21.7. The summed E-state index contributed by atoms with van der Waals surface area (Å²) in [5.74, 6) is -1.25. The number of anilines is 2. The van der Waals surface area contributed by atoms with Gasteiger partial charge in [0.2, 0.25) is 5.91 Å². The van der Waals surface area contributed by atoms with Crippen LogP contribution in [0.5, 0.6) is 0 Å². The summed E-state index contributed by atoms with van der Waals surface area (Å²) in [6.45, 7) is 1.01. The zero-order valence-electron chi connectivity index (χ0n) is 16.2. The van der Waals surface area contributed by atoms with Crippen molar-refractivity contribution in [2.75, 3.05) is 23.8 Å². The number of β-amino-alcohol motifs (C(OH)–C–C–N with tert-alkyl or cyclic N) is 1. The van der Waals surface area contributed by atoms with Gasteiger partial charge >= 0.3 is 0 Å². The third-order valence-corrected chi connectivity index (χ3v) is 4.55. The number of hydrogen-bond donors (Lipinski definition) is 3. The van der Waals surface area contributed by atoms with E-state index in [1.165, 1.54) is 13.0 Å². The second kappa shape index (κ2) is 9.39. The number of hydrogen-bond acceptors (Lipinski definition) is 5. The first kappa shape index (κ1) is 21.3. The Morgan fingerprint density at radius 1 is 1.13 bits per heavy atom. The first-order valence-corrected chi connectivity index (χ1v) is 9.56. The van der Waals surface area contributed by atoms with Crippen LogP contribution in [0.4, 0.5) is 11.4 Å². The number of aliphatic hydroxyl groups is 1. The highest BCUT2D eigenvalue weighted by molar-refractivity contribution is 6.30. The predicted octanol–water partition coefficient (Wildman–Crippen LogP) is 3.13. The summed E-state index contributed by atoms with van der Waals surface area (Å²) in [5.41, 5.74) is 2.83. The fourth-order valence-electron chi connectivity index (χ4n) is 2.91. The van der Waals surface area contributed by atoms with Crippen LogP contribution in [-0.4, -0.2) is 40.9 Å². The van der Waals surface area contributed by atoms with E-state index in [-0.39, 0.29) is 24.8 Å². The van der Waals surface area contributed by atoms with E-state index in [2.05, 4.69) is 10.6 Å². The van der Waals surface area contributed by atoms with Gasteiger partial charge in [-0.25, -0.2) is 0 Å². The summed E-state index contributed by atoms with van der Waals surface area (Å²) < 4.78 is 0. The van der Waals surface area contributed by atoms with E-state index < -0.39 is 11.8 Å². The van der Waals surface area contributed by atoms with Crippen LogP contribution in [0.25, 0.3) is 12.2 Å². The van der Waals surface area contributed by atoms with Crippen LogP contribution in [0.1, 0.15) is 18.1 Å². The minimum absolute atomic E-state index is 0.0748. The van der Waals surface area contributed by atoms with Gasteiger partial charge in [-0.2, -0.15) is 0 Å². The number of imide groups is 1. The smallest absolute Gasteiger partial charge is 0.277 e. The average molecular weight is 426 g/mol. The number of carbonyl (C=O) groups is 3. The highest BCUT2D eigenvalue weighted by Crippen LogP contribution is 2.26. The summed E-state index contributed by atoms with van der Waals surface area (Å²) in [7, 11) is 0. The highest BCUT2D eigenvalue weighted by atomic mass is 35.5. The van der Waals surface area contributed by atoms with Gasteiger partial charge in [-0.3, -0.25) is 19.3 Å². The maximum absolute atomic E-state index is 12.5. The minimum atomic E-state index is -0.522. The molecule has 30 heavy (non-hydrogen) atoms. The van der Waals surface area contributed by atoms with Crippen LogP contribution in [0.3, 0.4) is 0 Å². The number of nitrogens with zero attached hydrogens (tertiary/aromatic N) is 1. The molecule has 0 saturated carbocycles. The lowest BCUT2D eigenvalue weighted by molar-refractivity contribution is -0.137. The van der Waals surface area contributed by atoms with E-state index in [4.69, 9.17) is 16.7 Å². The van der Waals surface area contributed by atoms with Crippen molar-refractivity contribution in [2.45, 2.75) is 6.92 Å². The van der Waals surface area contributed by atoms with E-state index in [1.807, 2.05) is 24.3 Å². The molecule has 2 aromatic rings. The van der Waals surface area contributed by atoms with Gasteiger partial charge in [-0.15, -0.1) is 0 Å². The molecule has 0 atom stereocenters. The number of amides is 3. The normalized spacial score (nSPS) is 13.7. The molecule has 0 bridgehead atoms. The molecule has 8 heteroatoms. The topological polar surface area (TPSA) is 98.7 Å². The Morgan fingerprint density at radius 2 is 1.87 bits per heavy atom. The largest absolute Gasteiger partial charge is 0.395 e. The van der Waals surface area contributed by atoms with Gasteiger partial charge in [-0.1, -0.05) is 42.0 Å². The summed E-state index contributed by atoms with van der Waals surface area (Å²) in [5, 5.41) is 15.4. The summed E-state index contributed by atoms with van der Waals surface area (Å²) in [6.07, 6.45) is 4.91. The van der Waals surface area contributed by atoms with Gasteiger partial charge in [0, 0.05) is 29.4 Å². The number of rotatable bonds is 7. The third-order valence-electron chi connectivity index (χ3n) is 4.30. The molecule has 0 spiro atoms. The van der Waals surface area contributed by atoms with Crippen molar-refractivity contribution in [3.8, 4) is 0 Å². The summed E-state index contributed by atoms with van der Waals surface area (Å²) >= 11 is 5.91. The Morgan fingerprint density at radius 3 is 2.53 bits per heavy atom. The van der Waals surface area contributed by atoms with Crippen molar-refractivity contribution in [1.29, 1.82) is 0 Å². The average Bonchev–Trinajstić information content (AvgIpc) is 2.96. The zero-order valence-corrected chi connectivity index (χ0v) is 16.9. The number of aliphatic hydroxyl groups excluding tert-OH is 1. The predicted molar refractivity (Wildman–Crippen MR) is 117 cm³/mol. The fraction of sp³-hybridized carbons (Fsp3) is 0.136. The fourth-order valence-corrected chi connectivity index (χ4v) is 3.03. The first-order valence-electron chi connectivity index (χ1n) is 9.18. The van der Waals surface area contributed by atoms with Gasteiger partial charge < -0.3 is 15.7 Å². The molecule has 0 fully saturated rings. The van der Waals surface area contributed by atoms with Crippen LogP contribution < -0.4 is 10.6 Å². The number of benzene rings is 2. The lowest BCUT2D eigenvalue weighted by Gasteiger charge is -2.15. The van der Waals surface area contributed by atoms with Crippen molar-refractivity contribution in [1.82, 2.24) is 4.90 Å². The maximum atomic E-state index is 12.5. The van der Waals surface area contributed by atoms with Crippen molar-refractivity contribution < 1.29 is 19.5 Å². The molecule has 0 saturated heterocycles. The van der Waals surface area contributed by atoms with E-state index in [0.717, 1.165) is 16.0 Å². The lowest BCUT2D eigenvalue weighted by Crippen LogP contribution is -2.34. The Bertz CT molecular complexity index is 1040. The molecule has 7 nitrogen and oxygen atoms in total. The molecule has 1 aliphatic heterocycles. The lowest BCUT2D eigenvalue weighted by atomic mass is 10.1. The quantitative estimate of drug-likeness (QED) is 0.467. The molecule has 0 unspecified atom stereocenters. The van der Waals surface area contributed by atoms with Crippen molar-refractivity contribution >= 4 is 52.8 Å². The van der Waals surface area contributed by atoms with Gasteiger partial charge in [0.25, 0.3) is 11.8 Å². The standard InChI is InChI=1S/C22H20ClN3O4/c1-14(28)24-18-9-6-16(5-2-15-3-7-17(23)8-4-15)19(12-18)25-20-13-21(29)26(10-11-27)22(20)30/h2-9,12-13,25,27H,10-11H2,1H3,(H,24,28). The Labute approximate surface area is 178 Å². The SMILES string of the molecule is CC(=O)Nc1ccc(C=Cc2ccc(Cl)cc2)c(NC2=CC(=O)N(CCO)C2=O)c1. The molecule has 0 aliphatic carbocycles. The van der Waals surface area contributed by atoms with Gasteiger partial charge in [0.1, 0.15) is 5.70 Å². The second-order valence-corrected chi connectivity index (χ2v) is 7.01. The molecule has 0 aromatic heterocycles. The molecule has 3 amide bonds. The highest BCUT2D eigenvalue weighted by Gasteiger charge is 2.30. The van der Waals surface area contributed by atoms with Gasteiger partial charge in [0.15, 0.2) is 0 Å². The molecular weight excluding hydrogens is 406 g/mol. The second-order valence-electron chi connectivity index (χ2n) is 6.57. The van der Waals surface area contributed by atoms with Gasteiger partial charge in [0.05, 0.1) is 13.2 Å². The molecular formula is C22H20ClN3O4. The van der Waals surface area contributed by atoms with E-state index >= 15 is 0 Å². The van der Waals surface area contributed by atoms with Gasteiger partial charge in [-0.05, 0) is 35.4 Å². The van der Waals surface area contributed by atoms with Crippen LogP contribution in [0.15, 0.2) is 54.2 Å². The van der Waals surface area contributed by atoms with E-state index in [9.17, 15) is 14.4 Å². The molecule has 1 heterocycles. The molecule has 3 rings (SSSR count). The molecule has 0 radical (unpaired) electrons. The summed E-state index contributed by atoms with van der Waals surface area (Å²) in [4.78, 5) is 36.8. The van der Waals surface area contributed by atoms with Crippen LogP contribution >= 0.6 is 11.6 Å². The number of carbonyl (C=O) groups excluding carboxylic acids is 3. The van der Waals surface area contributed by atoms with E-state index in [0.29, 0.717) is 16.4 Å². The molecule has 154 valence electrons. The Kier molecular flexibility index (Phi) is 6.66. The minimum Gasteiger partial charge on any atom is -0.395 e. The van der Waals surface area contributed by atoms with Crippen LogP contribution in [-0.2, 0) is 14.4 Å². The van der Waals surface area contributed by atoms with Crippen LogP contribution in [0, 0.1) is 0 Å². The van der Waals surface area contributed by atoms with Crippen molar-refractivity contribution in [3.05, 3.63) is 70.4 Å². The number of halogens is 1. The maximum Gasteiger partial charge on any atom is 0.277 e. The third kappa shape index (κ3) is 5.14. The number of nitrogens with one attached hydrogen (secondary N) is 2. The molecule has 1 aliphatic rings. The Hall–Kier alpha value is -3.42. The van der Waals surface area contributed by atoms with Crippen LogP contribution in [0.2, 0.25) is 5.02 Å². The van der Waals surface area contributed by atoms with Crippen molar-refractivity contribution in [2.24, 2.45) is 0 Å². The monoisotopic (exact) mass is 425 g/mol. The summed E-state index contributed by atoms with van der Waals surface area (Å²) in [6, 6.07) is 12.5. The first-order chi connectivity index (χ1) is 14.4. The Balaban J connectivity index is 1.91. The van der Waals surface area contributed by atoms with Crippen molar-refractivity contribution in [3.63, 3.8) is 0 Å². The molecule has 2 aromatic carbocycles. The molecule has 3 N–H and O–H groups in total. The van der Waals surface area contributed by atoms with E-state index in [1.54, 1.807) is 30.3 Å².